The Morgan fingerprint density at radius 1 is 1.00 bits per heavy atom. The Kier molecular flexibility index (Phi) is 4.23. The minimum Gasteiger partial charge on any atom is -0.373 e. The molecule has 0 radical (unpaired) electrons. The van der Waals surface area contributed by atoms with E-state index in [1.165, 1.54) is 57.1 Å². The summed E-state index contributed by atoms with van der Waals surface area (Å²) in [5.74, 6) is 4.18. The summed E-state index contributed by atoms with van der Waals surface area (Å²) in [4.78, 5) is 9.73. The third-order valence-corrected chi connectivity index (χ3v) is 5.09. The summed E-state index contributed by atoms with van der Waals surface area (Å²) in [6, 6.07) is 2.17. The lowest BCUT2D eigenvalue weighted by Gasteiger charge is -2.26. The summed E-state index contributed by atoms with van der Waals surface area (Å²) in [7, 11) is 1.97. The number of nitrogens with one attached hydrogen (secondary N) is 1. The Morgan fingerprint density at radius 2 is 1.75 bits per heavy atom. The molecule has 1 aromatic rings. The van der Waals surface area contributed by atoms with Gasteiger partial charge in [0.05, 0.1) is 0 Å². The molecular formula is C17H27N3. The van der Waals surface area contributed by atoms with Crippen molar-refractivity contribution in [2.24, 2.45) is 5.92 Å². The zero-order chi connectivity index (χ0) is 13.9. The third kappa shape index (κ3) is 2.97. The molecule has 0 saturated heterocycles. The number of anilines is 1. The molecule has 1 N–H and O–H groups in total. The average molecular weight is 273 g/mol. The topological polar surface area (TPSA) is 37.8 Å². The van der Waals surface area contributed by atoms with Crippen LogP contribution in [-0.4, -0.2) is 17.0 Å². The Hall–Kier alpha value is -1.12. The van der Waals surface area contributed by atoms with Crippen LogP contribution in [0.5, 0.6) is 0 Å². The first-order valence-electron chi connectivity index (χ1n) is 8.33. The number of hydrogen-bond donors (Lipinski definition) is 1. The second kappa shape index (κ2) is 6.11. The molecule has 110 valence electrons. The zero-order valence-electron chi connectivity index (χ0n) is 12.9. The molecule has 20 heavy (non-hydrogen) atoms. The molecule has 3 nitrogen and oxygen atoms in total. The van der Waals surface area contributed by atoms with Gasteiger partial charge in [-0.2, -0.15) is 0 Å². The molecule has 2 fully saturated rings. The maximum absolute atomic E-state index is 4.97. The Labute approximate surface area is 122 Å². The van der Waals surface area contributed by atoms with Gasteiger partial charge in [-0.25, -0.2) is 9.97 Å². The predicted octanol–water partition coefficient (Wildman–Crippen LogP) is 4.47. The van der Waals surface area contributed by atoms with Gasteiger partial charge in [0.1, 0.15) is 11.6 Å². The summed E-state index contributed by atoms with van der Waals surface area (Å²) >= 11 is 0. The minimum atomic E-state index is 0.576. The Morgan fingerprint density at radius 3 is 2.45 bits per heavy atom. The van der Waals surface area contributed by atoms with Gasteiger partial charge in [-0.3, -0.25) is 0 Å². The lowest BCUT2D eigenvalue weighted by atomic mass is 9.82. The van der Waals surface area contributed by atoms with Gasteiger partial charge >= 0.3 is 0 Å². The molecule has 0 amide bonds. The molecular weight excluding hydrogens is 246 g/mol. The van der Waals surface area contributed by atoms with Crippen molar-refractivity contribution in [3.63, 3.8) is 0 Å². The molecule has 2 aliphatic carbocycles. The highest BCUT2D eigenvalue weighted by atomic mass is 15.0. The van der Waals surface area contributed by atoms with Crippen molar-refractivity contribution in [3.05, 3.63) is 17.6 Å². The smallest absolute Gasteiger partial charge is 0.134 e. The monoisotopic (exact) mass is 273 g/mol. The first kappa shape index (κ1) is 13.8. The van der Waals surface area contributed by atoms with Crippen LogP contribution < -0.4 is 5.32 Å². The van der Waals surface area contributed by atoms with Crippen LogP contribution >= 0.6 is 0 Å². The van der Waals surface area contributed by atoms with E-state index in [9.17, 15) is 0 Å². The molecule has 2 atom stereocenters. The van der Waals surface area contributed by atoms with Crippen LogP contribution in [0.25, 0.3) is 0 Å². The number of rotatable bonds is 3. The van der Waals surface area contributed by atoms with Crippen LogP contribution in [0.15, 0.2) is 6.07 Å². The van der Waals surface area contributed by atoms with E-state index in [2.05, 4.69) is 18.3 Å². The van der Waals surface area contributed by atoms with E-state index in [0.29, 0.717) is 11.8 Å². The second-order valence-electron chi connectivity index (χ2n) is 6.74. The molecule has 2 saturated carbocycles. The van der Waals surface area contributed by atoms with Gasteiger partial charge in [-0.15, -0.1) is 0 Å². The molecule has 0 aromatic carbocycles. The quantitative estimate of drug-likeness (QED) is 0.883. The molecule has 1 aromatic heterocycles. The molecule has 2 aliphatic rings. The Bertz CT molecular complexity index is 452. The number of hydrogen-bond acceptors (Lipinski definition) is 3. The van der Waals surface area contributed by atoms with Crippen molar-refractivity contribution in [1.29, 1.82) is 0 Å². The first-order valence-corrected chi connectivity index (χ1v) is 8.33. The molecule has 0 aliphatic heterocycles. The maximum atomic E-state index is 4.97. The van der Waals surface area contributed by atoms with E-state index in [-0.39, 0.29) is 0 Å². The lowest BCUT2D eigenvalue weighted by molar-refractivity contribution is 0.334. The van der Waals surface area contributed by atoms with Gasteiger partial charge in [0.25, 0.3) is 0 Å². The highest BCUT2D eigenvalue weighted by Crippen LogP contribution is 2.37. The van der Waals surface area contributed by atoms with Crippen LogP contribution in [0.4, 0.5) is 5.82 Å². The highest BCUT2D eigenvalue weighted by molar-refractivity contribution is 5.37. The van der Waals surface area contributed by atoms with Crippen molar-refractivity contribution < 1.29 is 0 Å². The van der Waals surface area contributed by atoms with Gasteiger partial charge in [-0.1, -0.05) is 32.6 Å². The fraction of sp³-hybridized carbons (Fsp3) is 0.765. The fourth-order valence-electron chi connectivity index (χ4n) is 3.90. The summed E-state index contributed by atoms with van der Waals surface area (Å²) in [5, 5.41) is 3.23. The molecule has 3 heteroatoms. The van der Waals surface area contributed by atoms with Crippen LogP contribution in [0.2, 0.25) is 0 Å². The predicted molar refractivity (Wildman–Crippen MR) is 83.2 cm³/mol. The average Bonchev–Trinajstić information content (AvgIpc) is 3.01. The SMILES string of the molecule is CNc1cc(C2CCCC2)nc(C2CCCC(C)C2)n1. The fourth-order valence-corrected chi connectivity index (χ4v) is 3.90. The maximum Gasteiger partial charge on any atom is 0.134 e. The van der Waals surface area contributed by atoms with Crippen LogP contribution in [0.1, 0.15) is 81.6 Å². The molecule has 1 heterocycles. The van der Waals surface area contributed by atoms with Crippen LogP contribution in [-0.2, 0) is 0 Å². The van der Waals surface area contributed by atoms with Crippen molar-refractivity contribution >= 4 is 5.82 Å². The van der Waals surface area contributed by atoms with E-state index in [0.717, 1.165) is 17.6 Å². The largest absolute Gasteiger partial charge is 0.373 e. The highest BCUT2D eigenvalue weighted by Gasteiger charge is 2.25. The molecule has 3 rings (SSSR count). The lowest BCUT2D eigenvalue weighted by Crippen LogP contribution is -2.16. The van der Waals surface area contributed by atoms with Crippen LogP contribution in [0, 0.1) is 5.92 Å². The van der Waals surface area contributed by atoms with Crippen LogP contribution in [0.3, 0.4) is 0 Å². The summed E-state index contributed by atoms with van der Waals surface area (Å²) < 4.78 is 0. The van der Waals surface area contributed by atoms with E-state index in [1.54, 1.807) is 0 Å². The molecule has 0 bridgehead atoms. The summed E-state index contributed by atoms with van der Waals surface area (Å²) in [6.07, 6.45) is 10.6. The van der Waals surface area contributed by atoms with E-state index in [4.69, 9.17) is 9.97 Å². The summed E-state index contributed by atoms with van der Waals surface area (Å²) in [5.41, 5.74) is 1.29. The second-order valence-corrected chi connectivity index (χ2v) is 6.74. The third-order valence-electron chi connectivity index (χ3n) is 5.09. The first-order chi connectivity index (χ1) is 9.76. The van der Waals surface area contributed by atoms with E-state index < -0.39 is 0 Å². The van der Waals surface area contributed by atoms with E-state index in [1.807, 2.05) is 7.05 Å². The van der Waals surface area contributed by atoms with E-state index >= 15 is 0 Å². The molecule has 0 spiro atoms. The zero-order valence-corrected chi connectivity index (χ0v) is 12.9. The van der Waals surface area contributed by atoms with Gasteiger partial charge in [0, 0.05) is 30.6 Å². The number of aromatic nitrogens is 2. The van der Waals surface area contributed by atoms with Crippen molar-refractivity contribution in [1.82, 2.24) is 9.97 Å². The Balaban J connectivity index is 1.87. The van der Waals surface area contributed by atoms with Gasteiger partial charge in [0.15, 0.2) is 0 Å². The standard InChI is InChI=1S/C17H27N3/c1-12-6-5-9-14(10-12)17-19-15(11-16(18-2)20-17)13-7-3-4-8-13/h11-14H,3-10H2,1-2H3,(H,18,19,20). The van der Waals surface area contributed by atoms with Gasteiger partial charge in [0.2, 0.25) is 0 Å². The normalized spacial score (nSPS) is 27.7. The van der Waals surface area contributed by atoms with Crippen molar-refractivity contribution in [2.75, 3.05) is 12.4 Å². The number of nitrogens with zero attached hydrogens (tertiary/aromatic N) is 2. The van der Waals surface area contributed by atoms with Crippen molar-refractivity contribution in [2.45, 2.75) is 70.1 Å². The van der Waals surface area contributed by atoms with Gasteiger partial charge < -0.3 is 5.32 Å². The molecule has 2 unspecified atom stereocenters. The summed E-state index contributed by atoms with van der Waals surface area (Å²) in [6.45, 7) is 2.37. The minimum absolute atomic E-state index is 0.576. The van der Waals surface area contributed by atoms with Gasteiger partial charge in [-0.05, 0) is 31.6 Å². The van der Waals surface area contributed by atoms with Crippen molar-refractivity contribution in [3.8, 4) is 0 Å².